The molecule has 1 atom stereocenters. The Morgan fingerprint density at radius 3 is 2.43 bits per heavy atom. The number of ether oxygens (including phenoxy) is 1. The van der Waals surface area contributed by atoms with E-state index < -0.39 is 0 Å². The third kappa shape index (κ3) is 4.37. The van der Waals surface area contributed by atoms with Gasteiger partial charge in [-0.2, -0.15) is 0 Å². The number of amides is 1. The van der Waals surface area contributed by atoms with Crippen molar-refractivity contribution in [2.24, 2.45) is 5.92 Å². The van der Waals surface area contributed by atoms with Crippen molar-refractivity contribution in [1.29, 1.82) is 0 Å². The van der Waals surface area contributed by atoms with Crippen LogP contribution < -0.4 is 0 Å². The Balaban J connectivity index is 3.99. The van der Waals surface area contributed by atoms with Crippen molar-refractivity contribution in [3.8, 4) is 0 Å². The van der Waals surface area contributed by atoms with Crippen LogP contribution >= 0.6 is 0 Å². The maximum Gasteiger partial charge on any atom is 0.248 e. The molecule has 0 aromatic heterocycles. The van der Waals surface area contributed by atoms with Gasteiger partial charge in [0.15, 0.2) is 5.78 Å². The van der Waals surface area contributed by atoms with Gasteiger partial charge in [-0.3, -0.25) is 9.59 Å². The molecule has 14 heavy (non-hydrogen) atoms. The lowest BCUT2D eigenvalue weighted by molar-refractivity contribution is -0.138. The summed E-state index contributed by atoms with van der Waals surface area (Å²) in [6.45, 7) is 4.04. The minimum Gasteiger partial charge on any atom is -0.375 e. The fourth-order valence-corrected chi connectivity index (χ4v) is 0.939. The molecule has 0 spiro atoms. The molecule has 4 nitrogen and oxygen atoms in total. The Labute approximate surface area is 85.2 Å². The van der Waals surface area contributed by atoms with Crippen LogP contribution in [0.25, 0.3) is 0 Å². The first-order valence-electron chi connectivity index (χ1n) is 4.78. The van der Waals surface area contributed by atoms with E-state index in [1.165, 1.54) is 12.0 Å². The monoisotopic (exact) mass is 201 g/mol. The lowest BCUT2D eigenvalue weighted by Gasteiger charge is -2.17. The lowest BCUT2D eigenvalue weighted by atomic mass is 10.0. The summed E-state index contributed by atoms with van der Waals surface area (Å²) < 4.78 is 4.69. The first kappa shape index (κ1) is 13.1. The summed E-state index contributed by atoms with van der Waals surface area (Å²) in [6.07, 6.45) is 0.811. The van der Waals surface area contributed by atoms with Gasteiger partial charge >= 0.3 is 0 Å². The van der Waals surface area contributed by atoms with Crippen molar-refractivity contribution in [3.05, 3.63) is 0 Å². The van der Waals surface area contributed by atoms with Gasteiger partial charge in [0, 0.05) is 20.1 Å². The van der Waals surface area contributed by atoms with Gasteiger partial charge in [0.05, 0.1) is 6.54 Å². The average Bonchev–Trinajstić information content (AvgIpc) is 2.16. The number of rotatable bonds is 6. The van der Waals surface area contributed by atoms with E-state index in [-0.39, 0.29) is 30.8 Å². The van der Waals surface area contributed by atoms with Gasteiger partial charge in [-0.25, -0.2) is 0 Å². The molecular formula is C10H19NO3. The normalized spacial score (nSPS) is 12.3. The Morgan fingerprint density at radius 2 is 2.00 bits per heavy atom. The molecule has 1 unspecified atom stereocenters. The second-order valence-electron chi connectivity index (χ2n) is 3.46. The maximum absolute atomic E-state index is 11.5. The zero-order valence-electron chi connectivity index (χ0n) is 9.37. The molecule has 0 N–H and O–H groups in total. The van der Waals surface area contributed by atoms with E-state index in [0.717, 1.165) is 6.42 Å². The topological polar surface area (TPSA) is 46.6 Å². The predicted octanol–water partition coefficient (Wildman–Crippen LogP) is 0.706. The van der Waals surface area contributed by atoms with Crippen LogP contribution in [0.3, 0.4) is 0 Å². The van der Waals surface area contributed by atoms with Crippen LogP contribution in [-0.2, 0) is 14.3 Å². The highest BCUT2D eigenvalue weighted by atomic mass is 16.5. The summed E-state index contributed by atoms with van der Waals surface area (Å²) in [4.78, 5) is 24.1. The molecule has 82 valence electrons. The third-order valence-corrected chi connectivity index (χ3v) is 2.25. The minimum absolute atomic E-state index is 0.0211. The number of likely N-dealkylation sites (N-methyl/N-ethyl adjacent to an activating group) is 1. The molecule has 0 fully saturated rings. The van der Waals surface area contributed by atoms with Gasteiger partial charge < -0.3 is 9.64 Å². The van der Waals surface area contributed by atoms with Crippen molar-refractivity contribution in [3.63, 3.8) is 0 Å². The third-order valence-electron chi connectivity index (χ3n) is 2.25. The highest BCUT2D eigenvalue weighted by Crippen LogP contribution is 2.03. The molecule has 0 saturated carbocycles. The smallest absolute Gasteiger partial charge is 0.248 e. The maximum atomic E-state index is 11.5. The second-order valence-corrected chi connectivity index (χ2v) is 3.46. The molecule has 4 heteroatoms. The molecule has 0 aliphatic carbocycles. The number of nitrogens with zero attached hydrogens (tertiary/aromatic N) is 1. The van der Waals surface area contributed by atoms with Crippen LogP contribution in [0.5, 0.6) is 0 Å². The summed E-state index contributed by atoms with van der Waals surface area (Å²) in [7, 11) is 3.07. The summed E-state index contributed by atoms with van der Waals surface area (Å²) in [5.74, 6) is -0.0450. The van der Waals surface area contributed by atoms with E-state index in [0.29, 0.717) is 0 Å². The van der Waals surface area contributed by atoms with Gasteiger partial charge in [0.1, 0.15) is 6.61 Å². The van der Waals surface area contributed by atoms with Gasteiger partial charge in [-0.05, 0) is 6.42 Å². The minimum atomic E-state index is -0.163. The molecule has 0 radical (unpaired) electrons. The number of methoxy groups -OCH3 is 1. The molecule has 0 aromatic carbocycles. The van der Waals surface area contributed by atoms with Crippen LogP contribution in [0, 0.1) is 5.92 Å². The summed E-state index contributed by atoms with van der Waals surface area (Å²) in [6, 6.07) is 0. The van der Waals surface area contributed by atoms with Crippen LogP contribution in [0.1, 0.15) is 20.3 Å². The van der Waals surface area contributed by atoms with E-state index >= 15 is 0 Å². The zero-order valence-corrected chi connectivity index (χ0v) is 9.37. The molecule has 0 heterocycles. The predicted molar refractivity (Wildman–Crippen MR) is 54.0 cm³/mol. The van der Waals surface area contributed by atoms with E-state index in [9.17, 15) is 9.59 Å². The van der Waals surface area contributed by atoms with Crippen LogP contribution in [-0.4, -0.2) is 43.9 Å². The van der Waals surface area contributed by atoms with Crippen LogP contribution in [0.2, 0.25) is 0 Å². The molecule has 0 rings (SSSR count). The lowest BCUT2D eigenvalue weighted by Crippen LogP contribution is -2.36. The fourth-order valence-electron chi connectivity index (χ4n) is 0.939. The SMILES string of the molecule is CCC(C)C(=O)CN(C)C(=O)COC. The molecule has 0 saturated heterocycles. The largest absolute Gasteiger partial charge is 0.375 e. The van der Waals surface area contributed by atoms with E-state index in [1.54, 1.807) is 7.05 Å². The molecule has 0 aliphatic rings. The number of ketones is 1. The molecular weight excluding hydrogens is 182 g/mol. The van der Waals surface area contributed by atoms with Gasteiger partial charge in [0.25, 0.3) is 0 Å². The summed E-state index contributed by atoms with van der Waals surface area (Å²) in [5.41, 5.74) is 0. The average molecular weight is 201 g/mol. The number of hydrogen-bond acceptors (Lipinski definition) is 3. The van der Waals surface area contributed by atoms with Crippen LogP contribution in [0.15, 0.2) is 0 Å². The van der Waals surface area contributed by atoms with E-state index in [4.69, 9.17) is 4.74 Å². The quantitative estimate of drug-likeness (QED) is 0.635. The number of carbonyl (C=O) groups is 2. The van der Waals surface area contributed by atoms with Crippen molar-refractivity contribution >= 4 is 11.7 Å². The molecule has 1 amide bonds. The Morgan fingerprint density at radius 1 is 1.43 bits per heavy atom. The van der Waals surface area contributed by atoms with Gasteiger partial charge in [-0.15, -0.1) is 0 Å². The van der Waals surface area contributed by atoms with Crippen LogP contribution in [0.4, 0.5) is 0 Å². The molecule has 0 aromatic rings. The summed E-state index contributed by atoms with van der Waals surface area (Å²) >= 11 is 0. The van der Waals surface area contributed by atoms with Crippen molar-refractivity contribution < 1.29 is 14.3 Å². The molecule has 0 bridgehead atoms. The van der Waals surface area contributed by atoms with Gasteiger partial charge in [0.2, 0.25) is 5.91 Å². The number of carbonyl (C=O) groups excluding carboxylic acids is 2. The Kier molecular flexibility index (Phi) is 6.12. The van der Waals surface area contributed by atoms with E-state index in [2.05, 4.69) is 0 Å². The fraction of sp³-hybridized carbons (Fsp3) is 0.800. The first-order valence-corrected chi connectivity index (χ1v) is 4.78. The van der Waals surface area contributed by atoms with Gasteiger partial charge in [-0.1, -0.05) is 13.8 Å². The second kappa shape index (κ2) is 6.54. The highest BCUT2D eigenvalue weighted by molar-refractivity contribution is 5.87. The Bertz CT molecular complexity index is 204. The van der Waals surface area contributed by atoms with Crippen molar-refractivity contribution in [1.82, 2.24) is 4.90 Å². The zero-order chi connectivity index (χ0) is 11.1. The van der Waals surface area contributed by atoms with Crippen molar-refractivity contribution in [2.45, 2.75) is 20.3 Å². The van der Waals surface area contributed by atoms with Crippen molar-refractivity contribution in [2.75, 3.05) is 27.3 Å². The number of Topliss-reactive ketones (excluding diaryl/α,β-unsaturated/α-hetero) is 1. The molecule has 0 aliphatic heterocycles. The highest BCUT2D eigenvalue weighted by Gasteiger charge is 2.16. The summed E-state index contributed by atoms with van der Waals surface area (Å²) in [5, 5.41) is 0. The van der Waals surface area contributed by atoms with E-state index in [1.807, 2.05) is 13.8 Å². The first-order chi connectivity index (χ1) is 6.52. The Hall–Kier alpha value is -0.900. The number of hydrogen-bond donors (Lipinski definition) is 0. The standard InChI is InChI=1S/C10H19NO3/c1-5-8(2)9(12)6-11(3)10(13)7-14-4/h8H,5-7H2,1-4H3.